The van der Waals surface area contributed by atoms with Gasteiger partial charge in [-0.3, -0.25) is 10.2 Å². The Kier molecular flexibility index (Phi) is 3.06. The maximum absolute atomic E-state index is 12.2. The second-order valence-electron chi connectivity index (χ2n) is 5.12. The molecule has 1 aromatic rings. The summed E-state index contributed by atoms with van der Waals surface area (Å²) in [7, 11) is 0. The quantitative estimate of drug-likeness (QED) is 0.478. The third-order valence-corrected chi connectivity index (χ3v) is 4.12. The van der Waals surface area contributed by atoms with Gasteiger partial charge in [-0.1, -0.05) is 18.9 Å². The van der Waals surface area contributed by atoms with Crippen LogP contribution in [-0.4, -0.2) is 19.1 Å². The van der Waals surface area contributed by atoms with Crippen LogP contribution in [0.15, 0.2) is 18.2 Å². The summed E-state index contributed by atoms with van der Waals surface area (Å²) in [5, 5.41) is 0. The van der Waals surface area contributed by atoms with Crippen molar-refractivity contribution in [3.63, 3.8) is 0 Å². The summed E-state index contributed by atoms with van der Waals surface area (Å²) < 4.78 is 11.1. The SMILES string of the molecule is NNC(=O)C1(c2ccc3c(c2)OCCO3)CCCC1. The summed E-state index contributed by atoms with van der Waals surface area (Å²) in [6.07, 6.45) is 3.75. The third kappa shape index (κ3) is 1.94. The number of benzene rings is 1. The van der Waals surface area contributed by atoms with E-state index in [4.69, 9.17) is 15.3 Å². The Hall–Kier alpha value is -1.75. The molecule has 0 unspecified atom stereocenters. The van der Waals surface area contributed by atoms with Crippen LogP contribution in [-0.2, 0) is 10.2 Å². The van der Waals surface area contributed by atoms with E-state index in [0.717, 1.165) is 42.7 Å². The zero-order chi connectivity index (χ0) is 13.3. The first-order chi connectivity index (χ1) is 9.26. The highest BCUT2D eigenvalue weighted by Crippen LogP contribution is 2.44. The van der Waals surface area contributed by atoms with Crippen LogP contribution in [0.5, 0.6) is 11.5 Å². The van der Waals surface area contributed by atoms with Gasteiger partial charge in [-0.05, 0) is 30.5 Å². The Balaban J connectivity index is 2.01. The Morgan fingerprint density at radius 1 is 1.16 bits per heavy atom. The van der Waals surface area contributed by atoms with Crippen LogP contribution in [0.2, 0.25) is 0 Å². The molecule has 1 heterocycles. The molecule has 0 saturated heterocycles. The van der Waals surface area contributed by atoms with Gasteiger partial charge in [0.05, 0.1) is 5.41 Å². The fourth-order valence-corrected chi connectivity index (χ4v) is 3.10. The molecule has 0 atom stereocenters. The van der Waals surface area contributed by atoms with E-state index in [1.807, 2.05) is 18.2 Å². The van der Waals surface area contributed by atoms with Crippen molar-refractivity contribution in [1.29, 1.82) is 0 Å². The average Bonchev–Trinajstić information content (AvgIpc) is 2.96. The molecule has 2 aliphatic rings. The molecule has 0 aromatic heterocycles. The van der Waals surface area contributed by atoms with E-state index < -0.39 is 5.41 Å². The number of carbonyl (C=O) groups is 1. The molecule has 102 valence electrons. The Morgan fingerprint density at radius 2 is 1.84 bits per heavy atom. The number of ether oxygens (including phenoxy) is 2. The van der Waals surface area contributed by atoms with E-state index in [1.165, 1.54) is 0 Å². The molecule has 0 radical (unpaired) electrons. The maximum atomic E-state index is 12.2. The Labute approximate surface area is 112 Å². The lowest BCUT2D eigenvalue weighted by Gasteiger charge is -2.29. The fourth-order valence-electron chi connectivity index (χ4n) is 3.10. The summed E-state index contributed by atoms with van der Waals surface area (Å²) in [6, 6.07) is 5.76. The normalized spacial score (nSPS) is 20.1. The minimum absolute atomic E-state index is 0.110. The lowest BCUT2D eigenvalue weighted by Crippen LogP contribution is -2.45. The van der Waals surface area contributed by atoms with Gasteiger partial charge in [0.1, 0.15) is 13.2 Å². The van der Waals surface area contributed by atoms with Crippen molar-refractivity contribution in [2.45, 2.75) is 31.1 Å². The molecule has 3 rings (SSSR count). The first-order valence-corrected chi connectivity index (χ1v) is 6.67. The Bertz CT molecular complexity index is 495. The van der Waals surface area contributed by atoms with Crippen molar-refractivity contribution in [2.24, 2.45) is 5.84 Å². The number of nitrogens with two attached hydrogens (primary N) is 1. The van der Waals surface area contributed by atoms with E-state index in [9.17, 15) is 4.79 Å². The van der Waals surface area contributed by atoms with E-state index in [-0.39, 0.29) is 5.91 Å². The molecule has 1 aliphatic carbocycles. The van der Waals surface area contributed by atoms with Crippen molar-refractivity contribution < 1.29 is 14.3 Å². The van der Waals surface area contributed by atoms with E-state index in [1.54, 1.807) is 0 Å². The summed E-state index contributed by atoms with van der Waals surface area (Å²) in [5.74, 6) is 6.72. The van der Waals surface area contributed by atoms with Crippen molar-refractivity contribution >= 4 is 5.91 Å². The maximum Gasteiger partial charge on any atom is 0.244 e. The van der Waals surface area contributed by atoms with Gasteiger partial charge in [0.2, 0.25) is 5.91 Å². The van der Waals surface area contributed by atoms with Crippen molar-refractivity contribution in [1.82, 2.24) is 5.43 Å². The minimum atomic E-state index is -0.509. The van der Waals surface area contributed by atoms with E-state index in [2.05, 4.69) is 5.43 Å². The molecule has 0 bridgehead atoms. The monoisotopic (exact) mass is 262 g/mol. The highest BCUT2D eigenvalue weighted by atomic mass is 16.6. The van der Waals surface area contributed by atoms with Gasteiger partial charge in [0.15, 0.2) is 11.5 Å². The second-order valence-corrected chi connectivity index (χ2v) is 5.12. The zero-order valence-corrected chi connectivity index (χ0v) is 10.8. The van der Waals surface area contributed by atoms with Gasteiger partial charge in [-0.25, -0.2) is 5.84 Å². The van der Waals surface area contributed by atoms with Crippen LogP contribution in [0.25, 0.3) is 0 Å². The molecule has 5 heteroatoms. The van der Waals surface area contributed by atoms with Crippen LogP contribution >= 0.6 is 0 Å². The average molecular weight is 262 g/mol. The number of carbonyl (C=O) groups excluding carboxylic acids is 1. The number of hydrogen-bond donors (Lipinski definition) is 2. The standard InChI is InChI=1S/C14H18N2O3/c15-16-13(17)14(5-1-2-6-14)10-3-4-11-12(9-10)19-8-7-18-11/h3-4,9H,1-2,5-8,15H2,(H,16,17). The number of nitrogens with one attached hydrogen (secondary N) is 1. The van der Waals surface area contributed by atoms with Crippen LogP contribution < -0.4 is 20.7 Å². The molecule has 1 amide bonds. The molecule has 5 nitrogen and oxygen atoms in total. The number of rotatable bonds is 2. The molecular weight excluding hydrogens is 244 g/mol. The zero-order valence-electron chi connectivity index (χ0n) is 10.8. The topological polar surface area (TPSA) is 73.6 Å². The van der Waals surface area contributed by atoms with Gasteiger partial charge in [0.25, 0.3) is 0 Å². The second kappa shape index (κ2) is 4.74. The van der Waals surface area contributed by atoms with Crippen LogP contribution in [0.3, 0.4) is 0 Å². The summed E-state index contributed by atoms with van der Waals surface area (Å²) in [6.45, 7) is 1.12. The first-order valence-electron chi connectivity index (χ1n) is 6.67. The first kappa shape index (κ1) is 12.3. The molecule has 3 N–H and O–H groups in total. The van der Waals surface area contributed by atoms with Crippen molar-refractivity contribution in [3.8, 4) is 11.5 Å². The molecular formula is C14H18N2O3. The lowest BCUT2D eigenvalue weighted by atomic mass is 9.78. The van der Waals surface area contributed by atoms with Crippen LogP contribution in [0.1, 0.15) is 31.2 Å². The number of amides is 1. The largest absolute Gasteiger partial charge is 0.486 e. The fraction of sp³-hybridized carbons (Fsp3) is 0.500. The Morgan fingerprint density at radius 3 is 2.53 bits per heavy atom. The highest BCUT2D eigenvalue weighted by molar-refractivity contribution is 5.88. The van der Waals surface area contributed by atoms with Crippen molar-refractivity contribution in [2.75, 3.05) is 13.2 Å². The smallest absolute Gasteiger partial charge is 0.244 e. The van der Waals surface area contributed by atoms with E-state index in [0.29, 0.717) is 13.2 Å². The molecule has 0 spiro atoms. The molecule has 19 heavy (non-hydrogen) atoms. The number of hydrazine groups is 1. The summed E-state index contributed by atoms with van der Waals surface area (Å²) >= 11 is 0. The molecule has 1 fully saturated rings. The van der Waals surface area contributed by atoms with Crippen molar-refractivity contribution in [3.05, 3.63) is 23.8 Å². The predicted molar refractivity (Wildman–Crippen MR) is 69.9 cm³/mol. The minimum Gasteiger partial charge on any atom is -0.486 e. The van der Waals surface area contributed by atoms with Gasteiger partial charge < -0.3 is 9.47 Å². The predicted octanol–water partition coefficient (Wildman–Crippen LogP) is 1.26. The molecule has 1 aromatic carbocycles. The highest BCUT2D eigenvalue weighted by Gasteiger charge is 2.42. The van der Waals surface area contributed by atoms with Gasteiger partial charge in [-0.2, -0.15) is 0 Å². The summed E-state index contributed by atoms with van der Waals surface area (Å²) in [4.78, 5) is 12.2. The molecule has 1 aliphatic heterocycles. The summed E-state index contributed by atoms with van der Waals surface area (Å²) in [5.41, 5.74) is 2.78. The number of hydrogen-bond acceptors (Lipinski definition) is 4. The van der Waals surface area contributed by atoms with Gasteiger partial charge in [0, 0.05) is 0 Å². The van der Waals surface area contributed by atoms with Crippen LogP contribution in [0, 0.1) is 0 Å². The van der Waals surface area contributed by atoms with Crippen LogP contribution in [0.4, 0.5) is 0 Å². The van der Waals surface area contributed by atoms with Gasteiger partial charge in [-0.15, -0.1) is 0 Å². The lowest BCUT2D eigenvalue weighted by molar-refractivity contribution is -0.126. The number of fused-ring (bicyclic) bond motifs is 1. The van der Waals surface area contributed by atoms with E-state index >= 15 is 0 Å². The molecule has 1 saturated carbocycles. The van der Waals surface area contributed by atoms with Gasteiger partial charge >= 0.3 is 0 Å². The third-order valence-electron chi connectivity index (χ3n) is 4.12.